The number of unbranched alkanes of at least 4 members (excludes halogenated alkanes) is 5. The summed E-state index contributed by atoms with van der Waals surface area (Å²) in [6.07, 6.45) is 13.3. The van der Waals surface area contributed by atoms with E-state index in [0.29, 0.717) is 24.0 Å². The van der Waals surface area contributed by atoms with Crippen LogP contribution in [0.2, 0.25) is 0 Å². The fourth-order valence-corrected chi connectivity index (χ4v) is 3.51. The molecule has 1 fully saturated rings. The quantitative estimate of drug-likeness (QED) is 0.530. The molecule has 4 nitrogen and oxygen atoms in total. The summed E-state index contributed by atoms with van der Waals surface area (Å²) in [6, 6.07) is 5.78. The Balaban J connectivity index is 1.81. The lowest BCUT2D eigenvalue weighted by Crippen LogP contribution is -2.36. The second-order valence-electron chi connectivity index (χ2n) is 7.29. The molecule has 146 valence electrons. The van der Waals surface area contributed by atoms with Gasteiger partial charge < -0.3 is 14.8 Å². The van der Waals surface area contributed by atoms with Gasteiger partial charge in [0, 0.05) is 11.6 Å². The van der Waals surface area contributed by atoms with Crippen molar-refractivity contribution in [3.8, 4) is 11.5 Å². The summed E-state index contributed by atoms with van der Waals surface area (Å²) in [4.78, 5) is 12.5. The van der Waals surface area contributed by atoms with Crippen LogP contribution in [0.25, 0.3) is 0 Å². The summed E-state index contributed by atoms with van der Waals surface area (Å²) in [6.45, 7) is 2.92. The molecule has 26 heavy (non-hydrogen) atoms. The highest BCUT2D eigenvalue weighted by molar-refractivity contribution is 5.95. The highest BCUT2D eigenvalue weighted by atomic mass is 16.5. The molecule has 0 aliphatic heterocycles. The summed E-state index contributed by atoms with van der Waals surface area (Å²) in [5.41, 5.74) is 0.638. The Kier molecular flexibility index (Phi) is 9.36. The molecule has 1 saturated carbocycles. The van der Waals surface area contributed by atoms with Crippen LogP contribution in [0.4, 0.5) is 0 Å². The van der Waals surface area contributed by atoms with E-state index in [1.807, 2.05) is 12.1 Å². The average Bonchev–Trinajstić information content (AvgIpc) is 2.68. The van der Waals surface area contributed by atoms with Crippen molar-refractivity contribution in [3.63, 3.8) is 0 Å². The van der Waals surface area contributed by atoms with Crippen molar-refractivity contribution < 1.29 is 14.3 Å². The van der Waals surface area contributed by atoms with Gasteiger partial charge in [-0.15, -0.1) is 0 Å². The van der Waals surface area contributed by atoms with Gasteiger partial charge >= 0.3 is 0 Å². The van der Waals surface area contributed by atoms with Crippen LogP contribution in [-0.2, 0) is 0 Å². The number of ether oxygens (including phenoxy) is 2. The maximum atomic E-state index is 12.5. The van der Waals surface area contributed by atoms with E-state index in [1.54, 1.807) is 13.2 Å². The van der Waals surface area contributed by atoms with Crippen LogP contribution in [-0.4, -0.2) is 25.7 Å². The van der Waals surface area contributed by atoms with E-state index in [0.717, 1.165) is 25.0 Å². The second kappa shape index (κ2) is 11.8. The first-order valence-electron chi connectivity index (χ1n) is 10.4. The van der Waals surface area contributed by atoms with Gasteiger partial charge in [0.05, 0.1) is 13.7 Å². The van der Waals surface area contributed by atoms with Crippen molar-refractivity contribution in [2.24, 2.45) is 0 Å². The number of carbonyl (C=O) groups is 1. The van der Waals surface area contributed by atoms with Gasteiger partial charge in [-0.3, -0.25) is 4.79 Å². The number of hydrogen-bond acceptors (Lipinski definition) is 3. The second-order valence-corrected chi connectivity index (χ2v) is 7.29. The molecule has 0 radical (unpaired) electrons. The highest BCUT2D eigenvalue weighted by Gasteiger charge is 2.18. The van der Waals surface area contributed by atoms with Crippen molar-refractivity contribution in [1.82, 2.24) is 5.32 Å². The smallest absolute Gasteiger partial charge is 0.251 e. The third-order valence-electron chi connectivity index (χ3n) is 5.12. The van der Waals surface area contributed by atoms with Crippen LogP contribution in [0.15, 0.2) is 18.2 Å². The summed E-state index contributed by atoms with van der Waals surface area (Å²) >= 11 is 0. The molecule has 1 aromatic rings. The van der Waals surface area contributed by atoms with Crippen LogP contribution in [0.5, 0.6) is 11.5 Å². The molecular formula is C22H35NO3. The predicted octanol–water partition coefficient (Wildman–Crippen LogP) is 5.50. The van der Waals surface area contributed by atoms with E-state index in [1.165, 1.54) is 51.4 Å². The first-order valence-corrected chi connectivity index (χ1v) is 10.4. The van der Waals surface area contributed by atoms with E-state index < -0.39 is 0 Å². The summed E-state index contributed by atoms with van der Waals surface area (Å²) in [7, 11) is 1.62. The topological polar surface area (TPSA) is 47.6 Å². The minimum Gasteiger partial charge on any atom is -0.493 e. The third kappa shape index (κ3) is 6.89. The zero-order valence-electron chi connectivity index (χ0n) is 16.5. The Morgan fingerprint density at radius 2 is 1.77 bits per heavy atom. The van der Waals surface area contributed by atoms with E-state index in [2.05, 4.69) is 12.2 Å². The number of methoxy groups -OCH3 is 1. The van der Waals surface area contributed by atoms with Gasteiger partial charge in [0.2, 0.25) is 0 Å². The minimum absolute atomic E-state index is 0.0160. The Bertz CT molecular complexity index is 538. The number of rotatable bonds is 11. The molecule has 0 atom stereocenters. The fraction of sp³-hybridized carbons (Fsp3) is 0.682. The molecule has 2 rings (SSSR count). The Morgan fingerprint density at radius 3 is 2.50 bits per heavy atom. The third-order valence-corrected chi connectivity index (χ3v) is 5.12. The standard InChI is InChI=1S/C22H35NO3/c1-3-4-5-6-7-11-16-26-20-15-14-18(17-21(20)25-2)22(24)23-19-12-9-8-10-13-19/h14-15,17,19H,3-13,16H2,1-2H3,(H,23,24). The fourth-order valence-electron chi connectivity index (χ4n) is 3.51. The van der Waals surface area contributed by atoms with Gasteiger partial charge in [-0.1, -0.05) is 58.3 Å². The Labute approximate surface area is 158 Å². The molecule has 1 amide bonds. The average molecular weight is 362 g/mol. The van der Waals surface area contributed by atoms with Gasteiger partial charge in [0.25, 0.3) is 5.91 Å². The number of benzene rings is 1. The Hall–Kier alpha value is -1.71. The normalized spacial score (nSPS) is 14.8. The molecule has 0 unspecified atom stereocenters. The molecule has 1 aromatic carbocycles. The van der Waals surface area contributed by atoms with Crippen molar-refractivity contribution >= 4 is 5.91 Å². The molecule has 0 bridgehead atoms. The Morgan fingerprint density at radius 1 is 1.04 bits per heavy atom. The summed E-state index contributed by atoms with van der Waals surface area (Å²) in [5.74, 6) is 1.33. The SMILES string of the molecule is CCCCCCCCOc1ccc(C(=O)NC2CCCCC2)cc1OC. The zero-order valence-corrected chi connectivity index (χ0v) is 16.5. The molecule has 0 heterocycles. The van der Waals surface area contributed by atoms with E-state index in [4.69, 9.17) is 9.47 Å². The lowest BCUT2D eigenvalue weighted by atomic mass is 9.95. The first-order chi connectivity index (χ1) is 12.7. The van der Waals surface area contributed by atoms with Crippen LogP contribution in [0.1, 0.15) is 87.9 Å². The molecule has 1 aliphatic rings. The van der Waals surface area contributed by atoms with E-state index >= 15 is 0 Å². The number of hydrogen-bond donors (Lipinski definition) is 1. The van der Waals surface area contributed by atoms with Gasteiger partial charge in [0.15, 0.2) is 11.5 Å². The summed E-state index contributed by atoms with van der Waals surface area (Å²) < 4.78 is 11.3. The predicted molar refractivity (Wildman–Crippen MR) is 106 cm³/mol. The highest BCUT2D eigenvalue weighted by Crippen LogP contribution is 2.28. The summed E-state index contributed by atoms with van der Waals surface area (Å²) in [5, 5.41) is 3.15. The van der Waals surface area contributed by atoms with Crippen molar-refractivity contribution in [1.29, 1.82) is 0 Å². The molecule has 1 aliphatic carbocycles. The van der Waals surface area contributed by atoms with Gasteiger partial charge in [-0.25, -0.2) is 0 Å². The van der Waals surface area contributed by atoms with Crippen molar-refractivity contribution in [3.05, 3.63) is 23.8 Å². The molecule has 0 saturated heterocycles. The van der Waals surface area contributed by atoms with Crippen LogP contribution in [0.3, 0.4) is 0 Å². The molecule has 1 N–H and O–H groups in total. The maximum absolute atomic E-state index is 12.5. The van der Waals surface area contributed by atoms with E-state index in [9.17, 15) is 4.79 Å². The monoisotopic (exact) mass is 361 g/mol. The van der Waals surface area contributed by atoms with Crippen LogP contribution < -0.4 is 14.8 Å². The van der Waals surface area contributed by atoms with Crippen molar-refractivity contribution in [2.45, 2.75) is 83.6 Å². The van der Waals surface area contributed by atoms with Crippen LogP contribution in [0, 0.1) is 0 Å². The number of amides is 1. The van der Waals surface area contributed by atoms with Crippen molar-refractivity contribution in [2.75, 3.05) is 13.7 Å². The van der Waals surface area contributed by atoms with Gasteiger partial charge in [-0.2, -0.15) is 0 Å². The molecule has 0 spiro atoms. The lowest BCUT2D eigenvalue weighted by Gasteiger charge is -2.23. The largest absolute Gasteiger partial charge is 0.493 e. The van der Waals surface area contributed by atoms with E-state index in [-0.39, 0.29) is 5.91 Å². The first kappa shape index (κ1) is 20.6. The molecule has 4 heteroatoms. The molecule has 0 aromatic heterocycles. The lowest BCUT2D eigenvalue weighted by molar-refractivity contribution is 0.0927. The number of carbonyl (C=O) groups excluding carboxylic acids is 1. The minimum atomic E-state index is -0.0160. The number of nitrogens with one attached hydrogen (secondary N) is 1. The molecular weight excluding hydrogens is 326 g/mol. The van der Waals surface area contributed by atoms with Gasteiger partial charge in [0.1, 0.15) is 0 Å². The zero-order chi connectivity index (χ0) is 18.6. The van der Waals surface area contributed by atoms with Crippen LogP contribution >= 0.6 is 0 Å². The van der Waals surface area contributed by atoms with Gasteiger partial charge in [-0.05, 0) is 37.5 Å². The maximum Gasteiger partial charge on any atom is 0.251 e.